The van der Waals surface area contributed by atoms with Gasteiger partial charge in [-0.1, -0.05) is 70.2 Å². The molecule has 0 amide bonds. The maximum atomic E-state index is 14.0. The summed E-state index contributed by atoms with van der Waals surface area (Å²) < 4.78 is 22.5. The van der Waals surface area contributed by atoms with Crippen molar-refractivity contribution in [1.29, 1.82) is 0 Å². The van der Waals surface area contributed by atoms with Crippen molar-refractivity contribution >= 4 is 33.0 Å². The number of hydrogen-bond acceptors (Lipinski definition) is 2. The van der Waals surface area contributed by atoms with Crippen molar-refractivity contribution < 1.29 is 8.81 Å². The molecule has 0 N–H and O–H groups in total. The number of imidazole rings is 1. The van der Waals surface area contributed by atoms with Gasteiger partial charge in [-0.15, -0.1) is 0 Å². The largest absolute Gasteiger partial charge is 0.455 e. The smallest absolute Gasteiger partial charge is 0.149 e. The number of fused-ring (bicyclic) bond motifs is 4. The van der Waals surface area contributed by atoms with Gasteiger partial charge in [0, 0.05) is 16.8 Å². The van der Waals surface area contributed by atoms with E-state index in [0.717, 1.165) is 38.8 Å². The molecule has 4 aromatic carbocycles. The number of benzene rings is 4. The van der Waals surface area contributed by atoms with Crippen LogP contribution in [0.3, 0.4) is 0 Å². The van der Waals surface area contributed by atoms with Crippen LogP contribution in [0.1, 0.15) is 50.7 Å². The minimum Gasteiger partial charge on any atom is -0.455 e. The maximum Gasteiger partial charge on any atom is 0.149 e. The highest BCUT2D eigenvalue weighted by Crippen LogP contribution is 2.40. The molecule has 0 saturated carbocycles. The summed E-state index contributed by atoms with van der Waals surface area (Å²) in [6.07, 6.45) is 0. The molecule has 0 bridgehead atoms. The summed E-state index contributed by atoms with van der Waals surface area (Å²) in [6, 6.07) is 25.7. The Morgan fingerprint density at radius 3 is 2.23 bits per heavy atom. The third-order valence-corrected chi connectivity index (χ3v) is 6.83. The van der Waals surface area contributed by atoms with E-state index in [2.05, 4.69) is 68.7 Å². The van der Waals surface area contributed by atoms with Gasteiger partial charge in [0.2, 0.25) is 0 Å². The number of furan rings is 1. The fraction of sp³-hybridized carbons (Fsp3) is 0.194. The number of nitrogens with zero attached hydrogens (tertiary/aromatic N) is 2. The normalized spacial score (nSPS) is 12.1. The number of rotatable bonds is 4. The Balaban J connectivity index is 1.76. The lowest BCUT2D eigenvalue weighted by atomic mass is 9.92. The average Bonchev–Trinajstić information content (AvgIpc) is 3.41. The molecular formula is C31H27FN2O. The molecule has 0 spiro atoms. The van der Waals surface area contributed by atoms with Crippen molar-refractivity contribution in [3.63, 3.8) is 0 Å². The summed E-state index contributed by atoms with van der Waals surface area (Å²) >= 11 is 0. The first kappa shape index (κ1) is 21.6. The Bertz CT molecular complexity index is 1700. The molecule has 0 aliphatic carbocycles. The predicted octanol–water partition coefficient (Wildman–Crippen LogP) is 8.98. The zero-order valence-electron chi connectivity index (χ0n) is 20.3. The highest BCUT2D eigenvalue weighted by atomic mass is 19.1. The Morgan fingerprint density at radius 2 is 1.49 bits per heavy atom. The van der Waals surface area contributed by atoms with Crippen molar-refractivity contribution in [3.05, 3.63) is 95.8 Å². The van der Waals surface area contributed by atoms with Crippen LogP contribution in [0.25, 0.3) is 50.0 Å². The lowest BCUT2D eigenvalue weighted by molar-refractivity contribution is 0.618. The van der Waals surface area contributed by atoms with E-state index in [9.17, 15) is 4.39 Å². The number of halogens is 1. The number of aromatic nitrogens is 2. The van der Waals surface area contributed by atoms with E-state index in [1.165, 1.54) is 28.9 Å². The summed E-state index contributed by atoms with van der Waals surface area (Å²) in [7, 11) is 0. The molecule has 3 nitrogen and oxygen atoms in total. The van der Waals surface area contributed by atoms with Gasteiger partial charge in [0.15, 0.2) is 0 Å². The Hall–Kier alpha value is -3.92. The first-order chi connectivity index (χ1) is 16.9. The summed E-state index contributed by atoms with van der Waals surface area (Å²) in [6.45, 7) is 8.93. The summed E-state index contributed by atoms with van der Waals surface area (Å²) in [5, 5.41) is 1.86. The van der Waals surface area contributed by atoms with E-state index in [-0.39, 0.29) is 5.82 Å². The maximum absolute atomic E-state index is 14.0. The van der Waals surface area contributed by atoms with E-state index in [1.807, 2.05) is 24.3 Å². The van der Waals surface area contributed by atoms with Gasteiger partial charge in [0.05, 0.1) is 22.3 Å². The van der Waals surface area contributed by atoms with E-state index in [4.69, 9.17) is 9.40 Å². The fourth-order valence-electron chi connectivity index (χ4n) is 5.15. The van der Waals surface area contributed by atoms with Crippen LogP contribution in [0, 0.1) is 5.82 Å². The molecule has 2 aromatic heterocycles. The van der Waals surface area contributed by atoms with E-state index in [0.29, 0.717) is 17.4 Å². The van der Waals surface area contributed by atoms with Crippen molar-refractivity contribution in [2.45, 2.75) is 39.5 Å². The SMILES string of the molecule is CC(C)c1cccc(C(C)C)c1-n1c(-c2cccc3c2oc2cc(F)ccc23)nc2ccccc21. The number of hydrogen-bond donors (Lipinski definition) is 0. The van der Waals surface area contributed by atoms with Crippen molar-refractivity contribution in [1.82, 2.24) is 9.55 Å². The van der Waals surface area contributed by atoms with Gasteiger partial charge in [0.25, 0.3) is 0 Å². The third-order valence-electron chi connectivity index (χ3n) is 6.83. The molecule has 0 atom stereocenters. The minimum atomic E-state index is -0.308. The second-order valence-electron chi connectivity index (χ2n) is 9.78. The van der Waals surface area contributed by atoms with Gasteiger partial charge in [0.1, 0.15) is 22.8 Å². The van der Waals surface area contributed by atoms with Crippen LogP contribution in [0.4, 0.5) is 4.39 Å². The lowest BCUT2D eigenvalue weighted by Crippen LogP contribution is -2.08. The molecule has 0 aliphatic rings. The topological polar surface area (TPSA) is 31.0 Å². The van der Waals surface area contributed by atoms with Crippen LogP contribution in [-0.4, -0.2) is 9.55 Å². The first-order valence-corrected chi connectivity index (χ1v) is 12.2. The van der Waals surface area contributed by atoms with E-state index < -0.39 is 0 Å². The summed E-state index contributed by atoms with van der Waals surface area (Å²) in [4.78, 5) is 5.13. The zero-order chi connectivity index (χ0) is 24.3. The fourth-order valence-corrected chi connectivity index (χ4v) is 5.15. The lowest BCUT2D eigenvalue weighted by Gasteiger charge is -2.22. The molecular weight excluding hydrogens is 435 g/mol. The molecule has 6 aromatic rings. The predicted molar refractivity (Wildman–Crippen MR) is 142 cm³/mol. The van der Waals surface area contributed by atoms with Crippen molar-refractivity contribution in [2.24, 2.45) is 0 Å². The van der Waals surface area contributed by atoms with Crippen molar-refractivity contribution in [2.75, 3.05) is 0 Å². The highest BCUT2D eigenvalue weighted by Gasteiger charge is 2.24. The second kappa shape index (κ2) is 8.09. The zero-order valence-corrected chi connectivity index (χ0v) is 20.3. The molecule has 0 radical (unpaired) electrons. The molecule has 0 unspecified atom stereocenters. The molecule has 4 heteroatoms. The minimum absolute atomic E-state index is 0.308. The van der Waals surface area contributed by atoms with Crippen LogP contribution in [0.5, 0.6) is 0 Å². The van der Waals surface area contributed by atoms with Crippen LogP contribution in [0.2, 0.25) is 0 Å². The van der Waals surface area contributed by atoms with Crippen LogP contribution >= 0.6 is 0 Å². The standard InChI is InChI=1S/C31H27FN2O/c1-18(2)21-9-7-10-22(19(3)4)29(21)34-27-14-6-5-13-26(27)33-31(34)25-12-8-11-24-23-16-15-20(32)17-28(23)35-30(24)25/h5-19H,1-4H3. The van der Waals surface area contributed by atoms with E-state index >= 15 is 0 Å². The van der Waals surface area contributed by atoms with Gasteiger partial charge < -0.3 is 4.42 Å². The second-order valence-corrected chi connectivity index (χ2v) is 9.78. The van der Waals surface area contributed by atoms with Gasteiger partial charge in [-0.25, -0.2) is 9.37 Å². The summed E-state index contributed by atoms with van der Waals surface area (Å²) in [5.41, 5.74) is 7.87. The molecule has 2 heterocycles. The number of para-hydroxylation sites is 4. The monoisotopic (exact) mass is 462 g/mol. The quantitative estimate of drug-likeness (QED) is 0.262. The Labute approximate surface area is 203 Å². The van der Waals surface area contributed by atoms with Gasteiger partial charge in [-0.05, 0) is 53.3 Å². The summed E-state index contributed by atoms with van der Waals surface area (Å²) in [5.74, 6) is 1.19. The van der Waals surface area contributed by atoms with Crippen LogP contribution in [0.15, 0.2) is 83.3 Å². The van der Waals surface area contributed by atoms with Crippen molar-refractivity contribution in [3.8, 4) is 17.1 Å². The van der Waals surface area contributed by atoms with Gasteiger partial charge >= 0.3 is 0 Å². The molecule has 0 saturated heterocycles. The van der Waals surface area contributed by atoms with E-state index in [1.54, 1.807) is 6.07 Å². The Kier molecular flexibility index (Phi) is 4.99. The first-order valence-electron chi connectivity index (χ1n) is 12.2. The highest BCUT2D eigenvalue weighted by molar-refractivity contribution is 6.09. The molecule has 35 heavy (non-hydrogen) atoms. The average molecular weight is 463 g/mol. The van der Waals surface area contributed by atoms with Gasteiger partial charge in [-0.3, -0.25) is 4.57 Å². The molecule has 0 aliphatic heterocycles. The molecule has 174 valence electrons. The van der Waals surface area contributed by atoms with Gasteiger partial charge in [-0.2, -0.15) is 0 Å². The Morgan fingerprint density at radius 1 is 0.771 bits per heavy atom. The molecule has 0 fully saturated rings. The molecule has 6 rings (SSSR count). The van der Waals surface area contributed by atoms with Crippen LogP contribution < -0.4 is 0 Å². The van der Waals surface area contributed by atoms with Crippen LogP contribution in [-0.2, 0) is 0 Å². The third kappa shape index (κ3) is 3.35.